The maximum atomic E-state index is 11.9. The number of ether oxygens (including phenoxy) is 1. The molecule has 0 bridgehead atoms. The summed E-state index contributed by atoms with van der Waals surface area (Å²) in [7, 11) is 1.53. The van der Waals surface area contributed by atoms with Crippen LogP contribution in [0.3, 0.4) is 0 Å². The number of hydrogen-bond donors (Lipinski definition) is 2. The van der Waals surface area contributed by atoms with Gasteiger partial charge >= 0.3 is 5.97 Å². The average molecular weight is 388 g/mol. The summed E-state index contributed by atoms with van der Waals surface area (Å²) in [5, 5.41) is 20.8. The van der Waals surface area contributed by atoms with Crippen molar-refractivity contribution in [3.8, 4) is 17.0 Å². The number of aryl methyl sites for hydroxylation is 1. The Hall–Kier alpha value is -3.64. The second-order valence-corrected chi connectivity index (χ2v) is 6.85. The number of imidazole rings is 1. The van der Waals surface area contributed by atoms with Crippen molar-refractivity contribution in [1.82, 2.24) is 9.38 Å². The molecule has 0 aliphatic carbocycles. The SMILES string of the molecule is COc1cn2c(C(O)c3ccc(-c4ccccc4)c(C(=O)O)c3)cc(C)cc2n1. The molecule has 2 heterocycles. The molecule has 29 heavy (non-hydrogen) atoms. The Labute approximate surface area is 167 Å². The van der Waals surface area contributed by atoms with Crippen molar-refractivity contribution in [2.24, 2.45) is 0 Å². The highest BCUT2D eigenvalue weighted by molar-refractivity contribution is 5.96. The molecule has 0 fully saturated rings. The summed E-state index contributed by atoms with van der Waals surface area (Å²) in [6.45, 7) is 1.92. The molecule has 4 rings (SSSR count). The second kappa shape index (κ2) is 7.41. The summed E-state index contributed by atoms with van der Waals surface area (Å²) in [6.07, 6.45) is 0.670. The number of hydrogen-bond acceptors (Lipinski definition) is 4. The van der Waals surface area contributed by atoms with Crippen LogP contribution in [0.15, 0.2) is 66.9 Å². The van der Waals surface area contributed by atoms with Crippen molar-refractivity contribution in [2.75, 3.05) is 7.11 Å². The van der Waals surface area contributed by atoms with Crippen LogP contribution in [0.1, 0.15) is 33.3 Å². The fraction of sp³-hybridized carbons (Fsp3) is 0.130. The predicted octanol–water partition coefficient (Wildman–Crippen LogP) is 4.10. The Kier molecular flexibility index (Phi) is 4.78. The third-order valence-electron chi connectivity index (χ3n) is 4.89. The highest BCUT2D eigenvalue weighted by atomic mass is 16.5. The third-order valence-corrected chi connectivity index (χ3v) is 4.89. The molecule has 6 nitrogen and oxygen atoms in total. The Balaban J connectivity index is 1.83. The Bertz CT molecular complexity index is 1200. The number of fused-ring (bicyclic) bond motifs is 1. The number of methoxy groups -OCH3 is 1. The molecule has 6 heteroatoms. The molecule has 0 saturated carbocycles. The van der Waals surface area contributed by atoms with E-state index in [1.54, 1.807) is 22.7 Å². The van der Waals surface area contributed by atoms with Crippen LogP contribution in [0, 0.1) is 6.92 Å². The second-order valence-electron chi connectivity index (χ2n) is 6.85. The van der Waals surface area contributed by atoms with E-state index in [1.807, 2.05) is 49.4 Å². The number of nitrogens with zero attached hydrogens (tertiary/aromatic N) is 2. The van der Waals surface area contributed by atoms with Gasteiger partial charge in [0.05, 0.1) is 24.6 Å². The molecule has 146 valence electrons. The molecule has 4 aromatic rings. The van der Waals surface area contributed by atoms with Gasteiger partial charge in [0, 0.05) is 0 Å². The molecule has 1 atom stereocenters. The van der Waals surface area contributed by atoms with Crippen LogP contribution in [0.5, 0.6) is 5.88 Å². The van der Waals surface area contributed by atoms with E-state index in [0.29, 0.717) is 28.3 Å². The van der Waals surface area contributed by atoms with Gasteiger partial charge in [-0.1, -0.05) is 42.5 Å². The average Bonchev–Trinajstić information content (AvgIpc) is 3.15. The largest absolute Gasteiger partial charge is 0.480 e. The van der Waals surface area contributed by atoms with Crippen molar-refractivity contribution in [3.63, 3.8) is 0 Å². The third kappa shape index (κ3) is 3.46. The predicted molar refractivity (Wildman–Crippen MR) is 109 cm³/mol. The fourth-order valence-electron chi connectivity index (χ4n) is 3.49. The van der Waals surface area contributed by atoms with Gasteiger partial charge in [0.15, 0.2) is 0 Å². The van der Waals surface area contributed by atoms with Crippen molar-refractivity contribution in [1.29, 1.82) is 0 Å². The van der Waals surface area contributed by atoms with Gasteiger partial charge in [0.25, 0.3) is 0 Å². The minimum atomic E-state index is -1.04. The van der Waals surface area contributed by atoms with Crippen LogP contribution < -0.4 is 4.74 Å². The summed E-state index contributed by atoms with van der Waals surface area (Å²) < 4.78 is 6.96. The molecule has 2 N–H and O–H groups in total. The topological polar surface area (TPSA) is 84.1 Å². The quantitative estimate of drug-likeness (QED) is 0.538. The van der Waals surface area contributed by atoms with E-state index in [2.05, 4.69) is 4.98 Å². The first-order valence-electron chi connectivity index (χ1n) is 9.12. The van der Waals surface area contributed by atoms with Gasteiger partial charge in [-0.3, -0.25) is 4.40 Å². The number of carboxylic acids is 1. The Morgan fingerprint density at radius 3 is 2.55 bits per heavy atom. The monoisotopic (exact) mass is 388 g/mol. The highest BCUT2D eigenvalue weighted by Crippen LogP contribution is 2.30. The van der Waals surface area contributed by atoms with Crippen molar-refractivity contribution in [2.45, 2.75) is 13.0 Å². The van der Waals surface area contributed by atoms with Crippen molar-refractivity contribution < 1.29 is 19.7 Å². The number of aromatic nitrogens is 2. The number of rotatable bonds is 5. The number of aliphatic hydroxyl groups is 1. The Morgan fingerprint density at radius 2 is 1.86 bits per heavy atom. The van der Waals surface area contributed by atoms with E-state index in [1.165, 1.54) is 13.2 Å². The first-order chi connectivity index (χ1) is 14.0. The van der Waals surface area contributed by atoms with Crippen LogP contribution >= 0.6 is 0 Å². The smallest absolute Gasteiger partial charge is 0.336 e. The zero-order chi connectivity index (χ0) is 20.5. The van der Waals surface area contributed by atoms with Gasteiger partial charge in [0.1, 0.15) is 11.8 Å². The number of carbonyl (C=O) groups is 1. The summed E-state index contributed by atoms with van der Waals surface area (Å²) in [5.74, 6) is -0.605. The lowest BCUT2D eigenvalue weighted by Crippen LogP contribution is -2.08. The normalized spacial score (nSPS) is 12.1. The molecule has 0 spiro atoms. The molecule has 2 aromatic carbocycles. The summed E-state index contributed by atoms with van der Waals surface area (Å²) in [5.41, 5.74) is 4.20. The van der Waals surface area contributed by atoms with Gasteiger partial charge in [0.2, 0.25) is 5.88 Å². The van der Waals surface area contributed by atoms with E-state index >= 15 is 0 Å². The van der Waals surface area contributed by atoms with Gasteiger partial charge in [-0.2, -0.15) is 4.98 Å². The Morgan fingerprint density at radius 1 is 1.10 bits per heavy atom. The molecule has 0 aliphatic heterocycles. The minimum Gasteiger partial charge on any atom is -0.480 e. The number of carboxylic acid groups (broad SMARTS) is 1. The van der Waals surface area contributed by atoms with Gasteiger partial charge in [-0.05, 0) is 47.4 Å². The number of pyridine rings is 1. The first kappa shape index (κ1) is 18.7. The lowest BCUT2D eigenvalue weighted by Gasteiger charge is -2.16. The van der Waals surface area contributed by atoms with E-state index in [0.717, 1.165) is 11.1 Å². The van der Waals surface area contributed by atoms with E-state index in [9.17, 15) is 15.0 Å². The summed E-state index contributed by atoms with van der Waals surface area (Å²) in [4.78, 5) is 16.3. The molecule has 0 amide bonds. The number of benzene rings is 2. The summed E-state index contributed by atoms with van der Waals surface area (Å²) in [6, 6.07) is 18.1. The molecule has 1 unspecified atom stereocenters. The van der Waals surface area contributed by atoms with Crippen LogP contribution in [-0.4, -0.2) is 32.7 Å². The van der Waals surface area contributed by atoms with E-state index < -0.39 is 12.1 Å². The van der Waals surface area contributed by atoms with Crippen LogP contribution in [-0.2, 0) is 0 Å². The van der Waals surface area contributed by atoms with Crippen molar-refractivity contribution in [3.05, 3.63) is 89.2 Å². The molecular formula is C23H20N2O4. The fourth-order valence-corrected chi connectivity index (χ4v) is 3.49. The molecule has 0 aliphatic rings. The van der Waals surface area contributed by atoms with Gasteiger partial charge in [-0.15, -0.1) is 0 Å². The van der Waals surface area contributed by atoms with E-state index in [4.69, 9.17) is 4.74 Å². The molecule has 2 aromatic heterocycles. The van der Waals surface area contributed by atoms with Gasteiger partial charge in [-0.25, -0.2) is 4.79 Å². The first-order valence-corrected chi connectivity index (χ1v) is 9.12. The zero-order valence-electron chi connectivity index (χ0n) is 16.0. The van der Waals surface area contributed by atoms with Gasteiger partial charge < -0.3 is 14.9 Å². The van der Waals surface area contributed by atoms with Crippen LogP contribution in [0.25, 0.3) is 16.8 Å². The van der Waals surface area contributed by atoms with Crippen molar-refractivity contribution >= 4 is 11.6 Å². The molecule has 0 saturated heterocycles. The number of aromatic carboxylic acids is 1. The molecular weight excluding hydrogens is 368 g/mol. The lowest BCUT2D eigenvalue weighted by atomic mass is 9.94. The van der Waals surface area contributed by atoms with Crippen LogP contribution in [0.2, 0.25) is 0 Å². The molecule has 0 radical (unpaired) electrons. The lowest BCUT2D eigenvalue weighted by molar-refractivity contribution is 0.0697. The summed E-state index contributed by atoms with van der Waals surface area (Å²) >= 11 is 0. The highest BCUT2D eigenvalue weighted by Gasteiger charge is 2.20. The van der Waals surface area contributed by atoms with Crippen LogP contribution in [0.4, 0.5) is 0 Å². The van der Waals surface area contributed by atoms with E-state index in [-0.39, 0.29) is 5.56 Å². The standard InChI is InChI=1S/C23H20N2O4/c1-14-10-19(25-13-21(29-2)24-20(25)11-14)22(26)16-8-9-17(18(12-16)23(27)28)15-6-4-3-5-7-15/h3-13,22,26H,1-2H3,(H,27,28). The maximum absolute atomic E-state index is 11.9. The maximum Gasteiger partial charge on any atom is 0.336 e. The minimum absolute atomic E-state index is 0.139. The number of aliphatic hydroxyl groups excluding tert-OH is 1. The zero-order valence-corrected chi connectivity index (χ0v) is 16.0.